The number of aromatic hydroxyl groups is 1. The van der Waals surface area contributed by atoms with Crippen LogP contribution in [0.15, 0.2) is 36.4 Å². The van der Waals surface area contributed by atoms with Crippen molar-refractivity contribution in [2.45, 2.75) is 6.92 Å². The van der Waals surface area contributed by atoms with E-state index in [1.807, 2.05) is 13.0 Å². The maximum absolute atomic E-state index is 12.8. The van der Waals surface area contributed by atoms with Crippen LogP contribution in [0.4, 0.5) is 15.8 Å². The first-order chi connectivity index (χ1) is 8.97. The van der Waals surface area contributed by atoms with Crippen LogP contribution in [-0.4, -0.2) is 11.0 Å². The Bertz CT molecular complexity index is 641. The monoisotopic (exact) mass is 260 g/mol. The standard InChI is InChI=1S/C14H13FN2O2/c1-8-2-5-11(16)12(6-8)17-14(19)10-4-3-9(15)7-13(10)18/h2-7,18H,16H2,1H3,(H,17,19). The Morgan fingerprint density at radius 3 is 2.68 bits per heavy atom. The van der Waals surface area contributed by atoms with Crippen LogP contribution >= 0.6 is 0 Å². The molecule has 2 aromatic rings. The molecule has 4 nitrogen and oxygen atoms in total. The van der Waals surface area contributed by atoms with E-state index in [0.29, 0.717) is 11.4 Å². The minimum absolute atomic E-state index is 0.0118. The number of carbonyl (C=O) groups excluding carboxylic acids is 1. The van der Waals surface area contributed by atoms with Crippen LogP contribution in [-0.2, 0) is 0 Å². The summed E-state index contributed by atoms with van der Waals surface area (Å²) >= 11 is 0. The second kappa shape index (κ2) is 4.97. The molecule has 0 saturated carbocycles. The highest BCUT2D eigenvalue weighted by Crippen LogP contribution is 2.23. The molecule has 0 spiro atoms. The third-order valence-corrected chi connectivity index (χ3v) is 2.66. The van der Waals surface area contributed by atoms with Gasteiger partial charge in [-0.15, -0.1) is 0 Å². The molecule has 0 aliphatic carbocycles. The van der Waals surface area contributed by atoms with E-state index < -0.39 is 17.5 Å². The van der Waals surface area contributed by atoms with Gasteiger partial charge in [0.15, 0.2) is 0 Å². The van der Waals surface area contributed by atoms with Gasteiger partial charge in [0.1, 0.15) is 11.6 Å². The third kappa shape index (κ3) is 2.82. The molecule has 1 amide bonds. The zero-order valence-corrected chi connectivity index (χ0v) is 10.3. The van der Waals surface area contributed by atoms with Crippen LogP contribution in [0.5, 0.6) is 5.75 Å². The van der Waals surface area contributed by atoms with E-state index in [2.05, 4.69) is 5.32 Å². The lowest BCUT2D eigenvalue weighted by atomic mass is 10.1. The van der Waals surface area contributed by atoms with Crippen LogP contribution in [0.1, 0.15) is 15.9 Å². The summed E-state index contributed by atoms with van der Waals surface area (Å²) in [7, 11) is 0. The molecule has 19 heavy (non-hydrogen) atoms. The van der Waals surface area contributed by atoms with E-state index in [0.717, 1.165) is 17.7 Å². The van der Waals surface area contributed by atoms with E-state index in [1.165, 1.54) is 6.07 Å². The Morgan fingerprint density at radius 1 is 1.26 bits per heavy atom. The van der Waals surface area contributed by atoms with Crippen LogP contribution in [0.2, 0.25) is 0 Å². The molecule has 0 saturated heterocycles. The van der Waals surface area contributed by atoms with Crippen molar-refractivity contribution >= 4 is 17.3 Å². The summed E-state index contributed by atoms with van der Waals surface area (Å²) in [5.74, 6) is -1.57. The fourth-order valence-electron chi connectivity index (χ4n) is 1.66. The lowest BCUT2D eigenvalue weighted by Gasteiger charge is -2.10. The zero-order valence-electron chi connectivity index (χ0n) is 10.3. The topological polar surface area (TPSA) is 75.3 Å². The van der Waals surface area contributed by atoms with Gasteiger partial charge in [-0.25, -0.2) is 4.39 Å². The summed E-state index contributed by atoms with van der Waals surface area (Å²) in [5, 5.41) is 12.1. The molecule has 4 N–H and O–H groups in total. The zero-order chi connectivity index (χ0) is 14.0. The Labute approximate surface area is 109 Å². The molecular weight excluding hydrogens is 247 g/mol. The van der Waals surface area contributed by atoms with Crippen LogP contribution < -0.4 is 11.1 Å². The first-order valence-corrected chi connectivity index (χ1v) is 5.63. The minimum Gasteiger partial charge on any atom is -0.507 e. The number of hydrogen-bond donors (Lipinski definition) is 3. The second-order valence-electron chi connectivity index (χ2n) is 4.21. The number of amides is 1. The molecule has 2 aromatic carbocycles. The largest absolute Gasteiger partial charge is 0.507 e. The molecule has 0 aliphatic rings. The number of phenolic OH excluding ortho intramolecular Hbond substituents is 1. The van der Waals surface area contributed by atoms with Gasteiger partial charge in [0.25, 0.3) is 5.91 Å². The molecule has 5 heteroatoms. The maximum Gasteiger partial charge on any atom is 0.259 e. The van der Waals surface area contributed by atoms with Crippen LogP contribution in [0.3, 0.4) is 0 Å². The number of nitrogens with one attached hydrogen (secondary N) is 1. The number of phenols is 1. The molecule has 0 unspecified atom stereocenters. The van der Waals surface area contributed by atoms with Crippen molar-refractivity contribution in [3.05, 3.63) is 53.3 Å². The number of rotatable bonds is 2. The Morgan fingerprint density at radius 2 is 2.00 bits per heavy atom. The minimum atomic E-state index is -0.607. The van der Waals surface area contributed by atoms with Crippen molar-refractivity contribution in [1.82, 2.24) is 0 Å². The highest BCUT2D eigenvalue weighted by Gasteiger charge is 2.13. The van der Waals surface area contributed by atoms with Crippen molar-refractivity contribution < 1.29 is 14.3 Å². The van der Waals surface area contributed by atoms with Gasteiger partial charge in [0.2, 0.25) is 0 Å². The number of aryl methyl sites for hydroxylation is 1. The molecule has 98 valence electrons. The summed E-state index contributed by atoms with van der Waals surface area (Å²) < 4.78 is 12.8. The van der Waals surface area contributed by atoms with Gasteiger partial charge in [-0.3, -0.25) is 4.79 Å². The fourth-order valence-corrected chi connectivity index (χ4v) is 1.66. The fraction of sp³-hybridized carbons (Fsp3) is 0.0714. The Balaban J connectivity index is 2.28. The van der Waals surface area contributed by atoms with Gasteiger partial charge in [-0.05, 0) is 36.8 Å². The first-order valence-electron chi connectivity index (χ1n) is 5.63. The summed E-state index contributed by atoms with van der Waals surface area (Å²) in [6, 6.07) is 8.42. The Hall–Kier alpha value is -2.56. The van der Waals surface area contributed by atoms with Gasteiger partial charge in [-0.1, -0.05) is 6.07 Å². The molecule has 2 rings (SSSR count). The molecular formula is C14H13FN2O2. The number of benzene rings is 2. The number of hydrogen-bond acceptors (Lipinski definition) is 3. The van der Waals surface area contributed by atoms with E-state index in [9.17, 15) is 14.3 Å². The molecule has 0 aliphatic heterocycles. The highest BCUT2D eigenvalue weighted by atomic mass is 19.1. The average molecular weight is 260 g/mol. The van der Waals surface area contributed by atoms with E-state index in [-0.39, 0.29) is 5.56 Å². The third-order valence-electron chi connectivity index (χ3n) is 2.66. The SMILES string of the molecule is Cc1ccc(N)c(NC(=O)c2ccc(F)cc2O)c1. The number of carbonyl (C=O) groups is 1. The first kappa shape index (κ1) is 12.9. The van der Waals surface area contributed by atoms with Crippen molar-refractivity contribution in [2.75, 3.05) is 11.1 Å². The number of halogens is 1. The van der Waals surface area contributed by atoms with E-state index >= 15 is 0 Å². The van der Waals surface area contributed by atoms with Crippen molar-refractivity contribution in [2.24, 2.45) is 0 Å². The normalized spacial score (nSPS) is 10.2. The summed E-state index contributed by atoms with van der Waals surface area (Å²) in [6.07, 6.45) is 0. The summed E-state index contributed by atoms with van der Waals surface area (Å²) in [5.41, 5.74) is 7.54. The predicted molar refractivity (Wildman–Crippen MR) is 71.6 cm³/mol. The lowest BCUT2D eigenvalue weighted by molar-refractivity contribution is 0.102. The van der Waals surface area contributed by atoms with Crippen LogP contribution in [0, 0.1) is 12.7 Å². The lowest BCUT2D eigenvalue weighted by Crippen LogP contribution is -2.13. The summed E-state index contributed by atoms with van der Waals surface area (Å²) in [4.78, 5) is 12.0. The average Bonchev–Trinajstić information content (AvgIpc) is 2.33. The molecule has 0 radical (unpaired) electrons. The van der Waals surface area contributed by atoms with Gasteiger partial charge < -0.3 is 16.2 Å². The Kier molecular flexibility index (Phi) is 3.37. The molecule has 0 aromatic heterocycles. The molecule has 0 atom stereocenters. The van der Waals surface area contributed by atoms with Gasteiger partial charge in [0, 0.05) is 6.07 Å². The second-order valence-corrected chi connectivity index (χ2v) is 4.21. The van der Waals surface area contributed by atoms with Gasteiger partial charge >= 0.3 is 0 Å². The van der Waals surface area contributed by atoms with Gasteiger partial charge in [0.05, 0.1) is 16.9 Å². The smallest absolute Gasteiger partial charge is 0.259 e. The van der Waals surface area contributed by atoms with Crippen molar-refractivity contribution in [3.63, 3.8) is 0 Å². The van der Waals surface area contributed by atoms with Crippen molar-refractivity contribution in [1.29, 1.82) is 0 Å². The predicted octanol–water partition coefficient (Wildman–Crippen LogP) is 2.67. The van der Waals surface area contributed by atoms with Gasteiger partial charge in [-0.2, -0.15) is 0 Å². The molecule has 0 fully saturated rings. The number of nitrogens with two attached hydrogens (primary N) is 1. The maximum atomic E-state index is 12.8. The van der Waals surface area contributed by atoms with Crippen molar-refractivity contribution in [3.8, 4) is 5.75 Å². The molecule has 0 bridgehead atoms. The van der Waals surface area contributed by atoms with Crippen LogP contribution in [0.25, 0.3) is 0 Å². The van der Waals surface area contributed by atoms with E-state index in [1.54, 1.807) is 12.1 Å². The molecule has 0 heterocycles. The van der Waals surface area contributed by atoms with E-state index in [4.69, 9.17) is 5.73 Å². The quantitative estimate of drug-likeness (QED) is 0.727. The summed E-state index contributed by atoms with van der Waals surface area (Å²) in [6.45, 7) is 1.87. The number of anilines is 2. The number of nitrogen functional groups attached to an aromatic ring is 1. The highest BCUT2D eigenvalue weighted by molar-refractivity contribution is 6.07.